The molecule has 0 spiro atoms. The summed E-state index contributed by atoms with van der Waals surface area (Å²) in [6.45, 7) is 4.42. The molecule has 32 heavy (non-hydrogen) atoms. The fourth-order valence-corrected chi connectivity index (χ4v) is 3.61. The van der Waals surface area contributed by atoms with Crippen LogP contribution < -0.4 is 11.1 Å². The average molecular weight is 438 g/mol. The minimum Gasteiger partial charge on any atom is -0.462 e. The van der Waals surface area contributed by atoms with Crippen molar-refractivity contribution in [1.82, 2.24) is 9.88 Å². The fourth-order valence-electron chi connectivity index (χ4n) is 3.61. The van der Waals surface area contributed by atoms with Gasteiger partial charge in [-0.25, -0.2) is 9.78 Å². The topological polar surface area (TPSA) is 132 Å². The van der Waals surface area contributed by atoms with E-state index in [2.05, 4.69) is 10.3 Å². The number of rotatable bonds is 6. The number of aryl methyl sites for hydroxylation is 1. The van der Waals surface area contributed by atoms with E-state index in [1.165, 1.54) is 12.1 Å². The number of primary amides is 1. The van der Waals surface area contributed by atoms with Crippen LogP contribution in [0.1, 0.15) is 56.7 Å². The first-order valence-electron chi connectivity index (χ1n) is 10.5. The summed E-state index contributed by atoms with van der Waals surface area (Å²) in [6.07, 6.45) is 1.04. The zero-order valence-corrected chi connectivity index (χ0v) is 18.1. The average Bonchev–Trinajstić information content (AvgIpc) is 2.79. The van der Waals surface area contributed by atoms with E-state index in [1.54, 1.807) is 43.0 Å². The lowest BCUT2D eigenvalue weighted by Gasteiger charge is -2.31. The SMILES string of the molecule is CCOC(=O)c1ccc(C(=O)Nc2ccccc2C(=O)N2CCC(C(N)=O)CC2)nc1C. The van der Waals surface area contributed by atoms with Gasteiger partial charge in [0, 0.05) is 19.0 Å². The summed E-state index contributed by atoms with van der Waals surface area (Å²) < 4.78 is 4.98. The third-order valence-electron chi connectivity index (χ3n) is 5.40. The maximum Gasteiger partial charge on any atom is 0.339 e. The summed E-state index contributed by atoms with van der Waals surface area (Å²) in [4.78, 5) is 55.0. The molecule has 0 bridgehead atoms. The van der Waals surface area contributed by atoms with Crippen LogP contribution in [0.4, 0.5) is 5.69 Å². The van der Waals surface area contributed by atoms with Gasteiger partial charge < -0.3 is 20.7 Å². The normalized spacial score (nSPS) is 14.0. The number of hydrogen-bond acceptors (Lipinski definition) is 6. The number of hydrogen-bond donors (Lipinski definition) is 2. The minimum absolute atomic E-state index is 0.111. The van der Waals surface area contributed by atoms with Gasteiger partial charge in [0.2, 0.25) is 5.91 Å². The van der Waals surface area contributed by atoms with E-state index in [0.29, 0.717) is 48.4 Å². The molecule has 2 heterocycles. The Labute approximate surface area is 185 Å². The molecule has 0 saturated carbocycles. The number of likely N-dealkylation sites (tertiary alicyclic amines) is 1. The molecule has 3 N–H and O–H groups in total. The number of piperidine rings is 1. The van der Waals surface area contributed by atoms with E-state index in [4.69, 9.17) is 10.5 Å². The zero-order chi connectivity index (χ0) is 23.3. The van der Waals surface area contributed by atoms with Gasteiger partial charge in [-0.05, 0) is 51.0 Å². The van der Waals surface area contributed by atoms with Crippen LogP contribution in [0, 0.1) is 12.8 Å². The van der Waals surface area contributed by atoms with Crippen molar-refractivity contribution in [2.24, 2.45) is 11.7 Å². The third-order valence-corrected chi connectivity index (χ3v) is 5.40. The number of amides is 3. The largest absolute Gasteiger partial charge is 0.462 e. The molecule has 0 atom stereocenters. The Morgan fingerprint density at radius 3 is 2.41 bits per heavy atom. The molecule has 168 valence electrons. The van der Waals surface area contributed by atoms with Crippen molar-refractivity contribution in [3.63, 3.8) is 0 Å². The maximum atomic E-state index is 13.0. The van der Waals surface area contributed by atoms with Crippen LogP contribution in [-0.4, -0.2) is 53.3 Å². The van der Waals surface area contributed by atoms with E-state index in [1.807, 2.05) is 0 Å². The summed E-state index contributed by atoms with van der Waals surface area (Å²) in [5.41, 5.74) is 6.84. The maximum absolute atomic E-state index is 13.0. The van der Waals surface area contributed by atoms with Crippen molar-refractivity contribution in [2.45, 2.75) is 26.7 Å². The predicted molar refractivity (Wildman–Crippen MR) is 117 cm³/mol. The first-order chi connectivity index (χ1) is 15.3. The molecule has 1 saturated heterocycles. The minimum atomic E-state index is -0.504. The van der Waals surface area contributed by atoms with E-state index < -0.39 is 11.9 Å². The monoisotopic (exact) mass is 438 g/mol. The highest BCUT2D eigenvalue weighted by molar-refractivity contribution is 6.08. The Bertz CT molecular complexity index is 1040. The Balaban J connectivity index is 1.74. The van der Waals surface area contributed by atoms with Crippen LogP contribution in [0.5, 0.6) is 0 Å². The van der Waals surface area contributed by atoms with Crippen molar-refractivity contribution < 1.29 is 23.9 Å². The molecule has 2 aromatic rings. The highest BCUT2D eigenvalue weighted by atomic mass is 16.5. The number of anilines is 1. The Kier molecular flexibility index (Phi) is 7.19. The molecule has 1 aromatic carbocycles. The fraction of sp³-hybridized carbons (Fsp3) is 0.348. The van der Waals surface area contributed by atoms with Crippen molar-refractivity contribution in [2.75, 3.05) is 25.0 Å². The van der Waals surface area contributed by atoms with Gasteiger partial charge in [0.1, 0.15) is 5.69 Å². The van der Waals surface area contributed by atoms with Gasteiger partial charge >= 0.3 is 5.97 Å². The number of benzene rings is 1. The number of carbonyl (C=O) groups excluding carboxylic acids is 4. The summed E-state index contributed by atoms with van der Waals surface area (Å²) >= 11 is 0. The molecule has 0 unspecified atom stereocenters. The molecule has 1 aliphatic rings. The first-order valence-corrected chi connectivity index (χ1v) is 10.5. The number of nitrogens with zero attached hydrogens (tertiary/aromatic N) is 2. The first kappa shape index (κ1) is 22.9. The number of carbonyl (C=O) groups is 4. The van der Waals surface area contributed by atoms with Crippen LogP contribution >= 0.6 is 0 Å². The Morgan fingerprint density at radius 2 is 1.78 bits per heavy atom. The molecule has 3 amide bonds. The lowest BCUT2D eigenvalue weighted by molar-refractivity contribution is -0.123. The van der Waals surface area contributed by atoms with Gasteiger partial charge in [0.15, 0.2) is 0 Å². The molecule has 9 heteroatoms. The lowest BCUT2D eigenvalue weighted by atomic mass is 9.95. The molecule has 3 rings (SSSR count). The van der Waals surface area contributed by atoms with E-state index in [0.717, 1.165) is 0 Å². The standard InChI is InChI=1S/C23H26N4O5/c1-3-32-23(31)16-8-9-19(25-14(16)2)21(29)26-18-7-5-4-6-17(18)22(30)27-12-10-15(11-13-27)20(24)28/h4-9,15H,3,10-13H2,1-2H3,(H2,24,28)(H,26,29). The molecule has 1 aromatic heterocycles. The van der Waals surface area contributed by atoms with E-state index in [-0.39, 0.29) is 30.0 Å². The van der Waals surface area contributed by atoms with E-state index in [9.17, 15) is 19.2 Å². The molecule has 0 aliphatic carbocycles. The van der Waals surface area contributed by atoms with Gasteiger partial charge in [-0.2, -0.15) is 0 Å². The van der Waals surface area contributed by atoms with Crippen molar-refractivity contribution in [3.05, 3.63) is 58.9 Å². The lowest BCUT2D eigenvalue weighted by Crippen LogP contribution is -2.42. The van der Waals surface area contributed by atoms with Gasteiger partial charge in [-0.3, -0.25) is 14.4 Å². The van der Waals surface area contributed by atoms with Crippen LogP contribution in [0.2, 0.25) is 0 Å². The Hall–Kier alpha value is -3.75. The van der Waals surface area contributed by atoms with Crippen LogP contribution in [0.15, 0.2) is 36.4 Å². The number of nitrogens with two attached hydrogens (primary N) is 1. The van der Waals surface area contributed by atoms with Crippen LogP contribution in [0.25, 0.3) is 0 Å². The quantitative estimate of drug-likeness (QED) is 0.665. The second-order valence-corrected chi connectivity index (χ2v) is 7.52. The second-order valence-electron chi connectivity index (χ2n) is 7.52. The molecule has 1 aliphatic heterocycles. The number of pyridine rings is 1. The highest BCUT2D eigenvalue weighted by Gasteiger charge is 2.28. The van der Waals surface area contributed by atoms with Crippen molar-refractivity contribution >= 4 is 29.4 Å². The molecule has 1 fully saturated rings. The predicted octanol–water partition coefficient (Wildman–Crippen LogP) is 2.16. The van der Waals surface area contributed by atoms with Gasteiger partial charge in [-0.1, -0.05) is 12.1 Å². The van der Waals surface area contributed by atoms with Crippen LogP contribution in [0.3, 0.4) is 0 Å². The van der Waals surface area contributed by atoms with Gasteiger partial charge in [0.25, 0.3) is 11.8 Å². The van der Waals surface area contributed by atoms with Crippen molar-refractivity contribution in [1.29, 1.82) is 0 Å². The Morgan fingerprint density at radius 1 is 1.09 bits per heavy atom. The highest BCUT2D eigenvalue weighted by Crippen LogP contribution is 2.23. The number of ether oxygens (including phenoxy) is 1. The van der Waals surface area contributed by atoms with E-state index >= 15 is 0 Å². The van der Waals surface area contributed by atoms with Gasteiger partial charge in [0.05, 0.1) is 29.1 Å². The summed E-state index contributed by atoms with van der Waals surface area (Å²) in [6, 6.07) is 9.65. The smallest absolute Gasteiger partial charge is 0.339 e. The summed E-state index contributed by atoms with van der Waals surface area (Å²) in [5.74, 6) is -1.80. The van der Waals surface area contributed by atoms with Crippen LogP contribution in [-0.2, 0) is 9.53 Å². The third kappa shape index (κ3) is 5.11. The van der Waals surface area contributed by atoms with Crippen molar-refractivity contribution in [3.8, 4) is 0 Å². The summed E-state index contributed by atoms with van der Waals surface area (Å²) in [7, 11) is 0. The second kappa shape index (κ2) is 10.0. The number of aromatic nitrogens is 1. The molecular weight excluding hydrogens is 412 g/mol. The molecular formula is C23H26N4O5. The van der Waals surface area contributed by atoms with Gasteiger partial charge in [-0.15, -0.1) is 0 Å². The number of para-hydroxylation sites is 1. The molecule has 0 radical (unpaired) electrons. The summed E-state index contributed by atoms with van der Waals surface area (Å²) in [5, 5.41) is 2.74. The molecule has 9 nitrogen and oxygen atoms in total. The number of esters is 1. The number of nitrogens with one attached hydrogen (secondary N) is 1. The zero-order valence-electron chi connectivity index (χ0n) is 18.1.